The zero-order chi connectivity index (χ0) is 15.1. The minimum Gasteiger partial charge on any atom is -0.478 e. The minimum absolute atomic E-state index is 0.00901. The topological polar surface area (TPSA) is 67.5 Å². The lowest BCUT2D eigenvalue weighted by molar-refractivity contribution is 0.0696. The van der Waals surface area contributed by atoms with E-state index in [0.717, 1.165) is 0 Å². The number of hydrogen-bond donors (Lipinski definition) is 1. The smallest absolute Gasteiger partial charge is 0.337 e. The lowest BCUT2D eigenvalue weighted by Crippen LogP contribution is -2.00. The number of carbonyl (C=O) groups is 1. The molecule has 0 radical (unpaired) electrons. The van der Waals surface area contributed by atoms with Gasteiger partial charge in [0.1, 0.15) is 5.82 Å². The maximum absolute atomic E-state index is 13.3. The molecule has 5 nitrogen and oxygen atoms in total. The van der Waals surface area contributed by atoms with Gasteiger partial charge in [-0.2, -0.15) is 0 Å². The van der Waals surface area contributed by atoms with Gasteiger partial charge in [-0.15, -0.1) is 10.2 Å². The lowest BCUT2D eigenvalue weighted by Gasteiger charge is -2.04. The molecule has 0 aliphatic heterocycles. The van der Waals surface area contributed by atoms with E-state index in [-0.39, 0.29) is 15.1 Å². The molecule has 106 valence electrons. The highest BCUT2D eigenvalue weighted by Crippen LogP contribution is 2.27. The van der Waals surface area contributed by atoms with Crippen LogP contribution in [0.1, 0.15) is 10.4 Å². The first kappa shape index (κ1) is 14.0. The summed E-state index contributed by atoms with van der Waals surface area (Å²) in [7, 11) is 0. The number of carboxylic acids is 1. The van der Waals surface area contributed by atoms with Crippen molar-refractivity contribution in [3.8, 4) is 11.4 Å². The largest absolute Gasteiger partial charge is 0.478 e. The van der Waals surface area contributed by atoms with Crippen LogP contribution >= 0.6 is 27.5 Å². The third-order valence-electron chi connectivity index (χ3n) is 2.88. The van der Waals surface area contributed by atoms with Crippen molar-refractivity contribution >= 4 is 39.1 Å². The first-order valence-corrected chi connectivity index (χ1v) is 6.87. The second kappa shape index (κ2) is 5.09. The molecule has 0 unspecified atom stereocenters. The SMILES string of the molecule is O=C(O)c1cc(Cl)c2nnc(-c3ccc(F)c(Br)c3)n2c1. The molecule has 0 saturated carbocycles. The van der Waals surface area contributed by atoms with Crippen LogP contribution in [-0.2, 0) is 0 Å². The number of aromatic nitrogens is 3. The molecule has 0 atom stereocenters. The summed E-state index contributed by atoms with van der Waals surface area (Å²) in [5.41, 5.74) is 0.918. The monoisotopic (exact) mass is 369 g/mol. The standard InChI is InChI=1S/C13H6BrClFN3O2/c14-8-3-6(1-2-10(8)16)11-17-18-12-9(15)4-7(13(20)21)5-19(11)12/h1-5H,(H,20,21). The molecule has 3 rings (SSSR count). The van der Waals surface area contributed by atoms with Gasteiger partial charge in [-0.25, -0.2) is 9.18 Å². The average Bonchev–Trinajstić information content (AvgIpc) is 2.86. The molecule has 0 bridgehead atoms. The quantitative estimate of drug-likeness (QED) is 0.748. The molecule has 2 aromatic heterocycles. The number of aromatic carboxylic acids is 1. The van der Waals surface area contributed by atoms with Crippen molar-refractivity contribution in [3.63, 3.8) is 0 Å². The van der Waals surface area contributed by atoms with Crippen molar-refractivity contribution < 1.29 is 14.3 Å². The fraction of sp³-hybridized carbons (Fsp3) is 0. The van der Waals surface area contributed by atoms with Gasteiger partial charge in [0.15, 0.2) is 11.5 Å². The van der Waals surface area contributed by atoms with E-state index in [1.54, 1.807) is 0 Å². The fourth-order valence-electron chi connectivity index (χ4n) is 1.90. The van der Waals surface area contributed by atoms with Gasteiger partial charge >= 0.3 is 5.97 Å². The number of nitrogens with zero attached hydrogens (tertiary/aromatic N) is 3. The van der Waals surface area contributed by atoms with Crippen molar-refractivity contribution in [1.29, 1.82) is 0 Å². The lowest BCUT2D eigenvalue weighted by atomic mass is 10.2. The summed E-state index contributed by atoms with van der Waals surface area (Å²) >= 11 is 9.10. The maximum atomic E-state index is 13.3. The van der Waals surface area contributed by atoms with Crippen LogP contribution < -0.4 is 0 Å². The van der Waals surface area contributed by atoms with E-state index >= 15 is 0 Å². The van der Waals surface area contributed by atoms with Gasteiger partial charge in [0, 0.05) is 11.8 Å². The van der Waals surface area contributed by atoms with Crippen LogP contribution in [0, 0.1) is 5.82 Å². The van der Waals surface area contributed by atoms with Crippen LogP contribution in [0.25, 0.3) is 17.0 Å². The first-order valence-electron chi connectivity index (χ1n) is 5.70. The molecule has 21 heavy (non-hydrogen) atoms. The van der Waals surface area contributed by atoms with Crippen LogP contribution in [-0.4, -0.2) is 25.7 Å². The van der Waals surface area contributed by atoms with Gasteiger partial charge in [-0.3, -0.25) is 4.40 Å². The Hall–Kier alpha value is -1.99. The normalized spacial score (nSPS) is 11.0. The molecule has 1 N–H and O–H groups in total. The third-order valence-corrected chi connectivity index (χ3v) is 3.77. The number of rotatable bonds is 2. The van der Waals surface area contributed by atoms with Gasteiger partial charge in [-0.05, 0) is 40.2 Å². The van der Waals surface area contributed by atoms with Crippen molar-refractivity contribution in [2.24, 2.45) is 0 Å². The molecule has 0 amide bonds. The fourth-order valence-corrected chi connectivity index (χ4v) is 2.53. The number of pyridine rings is 1. The van der Waals surface area contributed by atoms with Gasteiger partial charge in [0.2, 0.25) is 0 Å². The molecule has 1 aromatic carbocycles. The van der Waals surface area contributed by atoms with Crippen molar-refractivity contribution in [1.82, 2.24) is 14.6 Å². The van der Waals surface area contributed by atoms with E-state index in [9.17, 15) is 9.18 Å². The molecular weight excluding hydrogens is 365 g/mol. The summed E-state index contributed by atoms with van der Waals surface area (Å²) < 4.78 is 15.0. The van der Waals surface area contributed by atoms with Gasteiger partial charge in [-0.1, -0.05) is 11.6 Å². The third kappa shape index (κ3) is 2.38. The Bertz CT molecular complexity index is 881. The number of fused-ring (bicyclic) bond motifs is 1. The van der Waals surface area contributed by atoms with Gasteiger partial charge < -0.3 is 5.11 Å². The summed E-state index contributed by atoms with van der Waals surface area (Å²) in [6.45, 7) is 0. The molecule has 0 aliphatic rings. The molecule has 0 saturated heterocycles. The minimum atomic E-state index is -1.11. The Balaban J connectivity index is 2.27. The van der Waals surface area contributed by atoms with Crippen molar-refractivity contribution in [3.05, 3.63) is 51.3 Å². The van der Waals surface area contributed by atoms with E-state index in [4.69, 9.17) is 16.7 Å². The molecule has 2 heterocycles. The summed E-state index contributed by atoms with van der Waals surface area (Å²) in [5.74, 6) is -1.15. The predicted octanol–water partition coefficient (Wildman–Crippen LogP) is 3.65. The highest BCUT2D eigenvalue weighted by molar-refractivity contribution is 9.10. The Morgan fingerprint density at radius 2 is 2.10 bits per heavy atom. The average molecular weight is 371 g/mol. The number of carboxylic acid groups (broad SMARTS) is 1. The van der Waals surface area contributed by atoms with Crippen LogP contribution in [0.5, 0.6) is 0 Å². The zero-order valence-corrected chi connectivity index (χ0v) is 12.6. The second-order valence-corrected chi connectivity index (χ2v) is 5.49. The van der Waals surface area contributed by atoms with Crippen molar-refractivity contribution in [2.45, 2.75) is 0 Å². The molecule has 0 fully saturated rings. The van der Waals surface area contributed by atoms with Gasteiger partial charge in [0.05, 0.1) is 15.1 Å². The Morgan fingerprint density at radius 1 is 1.33 bits per heavy atom. The Kier molecular flexibility index (Phi) is 3.38. The van der Waals surface area contributed by atoms with E-state index in [0.29, 0.717) is 17.0 Å². The van der Waals surface area contributed by atoms with Crippen LogP contribution in [0.3, 0.4) is 0 Å². The Labute approximate surface area is 131 Å². The van der Waals surface area contributed by atoms with Crippen molar-refractivity contribution in [2.75, 3.05) is 0 Å². The first-order chi connectivity index (χ1) is 9.97. The summed E-state index contributed by atoms with van der Waals surface area (Å²) in [6.07, 6.45) is 1.37. The summed E-state index contributed by atoms with van der Waals surface area (Å²) in [4.78, 5) is 11.1. The number of halogens is 3. The molecule has 0 spiro atoms. The maximum Gasteiger partial charge on any atom is 0.337 e. The van der Waals surface area contributed by atoms with E-state index in [1.807, 2.05) is 0 Å². The summed E-state index contributed by atoms with van der Waals surface area (Å²) in [6, 6.07) is 5.65. The van der Waals surface area contributed by atoms with E-state index in [1.165, 1.54) is 34.9 Å². The van der Waals surface area contributed by atoms with E-state index in [2.05, 4.69) is 26.1 Å². The molecule has 3 aromatic rings. The van der Waals surface area contributed by atoms with Crippen LogP contribution in [0.4, 0.5) is 4.39 Å². The Morgan fingerprint density at radius 3 is 2.76 bits per heavy atom. The van der Waals surface area contributed by atoms with Crippen LogP contribution in [0.2, 0.25) is 5.02 Å². The summed E-state index contributed by atoms with van der Waals surface area (Å²) in [5, 5.41) is 17.2. The number of benzene rings is 1. The van der Waals surface area contributed by atoms with E-state index < -0.39 is 11.8 Å². The van der Waals surface area contributed by atoms with Gasteiger partial charge in [0.25, 0.3) is 0 Å². The molecule has 8 heteroatoms. The predicted molar refractivity (Wildman–Crippen MR) is 78.1 cm³/mol. The second-order valence-electron chi connectivity index (χ2n) is 4.23. The van der Waals surface area contributed by atoms with Crippen LogP contribution in [0.15, 0.2) is 34.9 Å². The number of hydrogen-bond acceptors (Lipinski definition) is 3. The highest BCUT2D eigenvalue weighted by Gasteiger charge is 2.15. The molecule has 0 aliphatic carbocycles. The molecular formula is C13H6BrClFN3O2. The highest BCUT2D eigenvalue weighted by atomic mass is 79.9. The zero-order valence-electron chi connectivity index (χ0n) is 10.2.